The molecule has 0 fully saturated rings. The fourth-order valence-corrected chi connectivity index (χ4v) is 3.94. The van der Waals surface area contributed by atoms with Crippen LogP contribution < -0.4 is 0 Å². The minimum atomic E-state index is -0.205. The van der Waals surface area contributed by atoms with E-state index in [-0.39, 0.29) is 17.5 Å². The zero-order valence-electron chi connectivity index (χ0n) is 12.6. The number of furan rings is 1. The quantitative estimate of drug-likeness (QED) is 0.577. The van der Waals surface area contributed by atoms with Crippen LogP contribution in [0.25, 0.3) is 0 Å². The highest BCUT2D eigenvalue weighted by Crippen LogP contribution is 2.52. The van der Waals surface area contributed by atoms with E-state index in [1.165, 1.54) is 18.1 Å². The van der Waals surface area contributed by atoms with Gasteiger partial charge in [-0.25, -0.2) is 0 Å². The second kappa shape index (κ2) is 4.51. The molecule has 4 rings (SSSR count). The summed E-state index contributed by atoms with van der Waals surface area (Å²) in [6, 6.07) is 2.02. The van der Waals surface area contributed by atoms with Crippen LogP contribution >= 0.6 is 0 Å². The number of hydrogen-bond acceptors (Lipinski definition) is 3. The van der Waals surface area contributed by atoms with Crippen molar-refractivity contribution in [3.8, 4) is 0 Å². The van der Waals surface area contributed by atoms with Gasteiger partial charge in [0.05, 0.1) is 6.26 Å². The van der Waals surface area contributed by atoms with Gasteiger partial charge in [0.25, 0.3) is 0 Å². The highest BCUT2D eigenvalue weighted by atomic mass is 16.5. The van der Waals surface area contributed by atoms with Crippen LogP contribution in [0.15, 0.2) is 28.4 Å². The molecule has 0 N–H and O–H groups in total. The van der Waals surface area contributed by atoms with Crippen molar-refractivity contribution >= 4 is 5.97 Å². The largest absolute Gasteiger partial charge is 0.468 e. The van der Waals surface area contributed by atoms with Crippen molar-refractivity contribution in [3.63, 3.8) is 0 Å². The molecule has 20 heavy (non-hydrogen) atoms. The van der Waals surface area contributed by atoms with Crippen LogP contribution in [0.5, 0.6) is 0 Å². The molecule has 0 saturated heterocycles. The maximum atomic E-state index is 11.5. The molecule has 0 amide bonds. The second-order valence-corrected chi connectivity index (χ2v) is 6.49. The SMILES string of the molecule is CC(=O)O[C@H]1Cc2ccoc2C2C=C(C)C1(C)C(C)C2. The highest BCUT2D eigenvalue weighted by molar-refractivity contribution is 5.66. The van der Waals surface area contributed by atoms with Gasteiger partial charge in [0.1, 0.15) is 11.9 Å². The summed E-state index contributed by atoms with van der Waals surface area (Å²) < 4.78 is 11.4. The molecule has 3 heteroatoms. The van der Waals surface area contributed by atoms with Crippen molar-refractivity contribution < 1.29 is 13.9 Å². The highest BCUT2D eigenvalue weighted by Gasteiger charge is 2.48. The van der Waals surface area contributed by atoms with Crippen LogP contribution in [-0.2, 0) is 16.0 Å². The van der Waals surface area contributed by atoms with E-state index in [9.17, 15) is 4.79 Å². The van der Waals surface area contributed by atoms with E-state index in [1.807, 2.05) is 6.07 Å². The van der Waals surface area contributed by atoms with Crippen molar-refractivity contribution in [2.45, 2.75) is 52.6 Å². The lowest BCUT2D eigenvalue weighted by Crippen LogP contribution is -2.46. The van der Waals surface area contributed by atoms with Gasteiger partial charge in [-0.2, -0.15) is 0 Å². The Morgan fingerprint density at radius 3 is 2.90 bits per heavy atom. The molecule has 4 atom stereocenters. The molecule has 3 aliphatic carbocycles. The Bertz CT molecular complexity index is 569. The molecule has 1 aromatic rings. The van der Waals surface area contributed by atoms with Crippen molar-refractivity contribution in [2.24, 2.45) is 11.3 Å². The third kappa shape index (κ3) is 1.83. The number of allylic oxidation sites excluding steroid dienone is 1. The number of carbonyl (C=O) groups excluding carboxylic acids is 1. The first-order valence-electron chi connectivity index (χ1n) is 7.35. The Labute approximate surface area is 120 Å². The van der Waals surface area contributed by atoms with Crippen LogP contribution in [0.1, 0.15) is 51.4 Å². The minimum Gasteiger partial charge on any atom is -0.468 e. The van der Waals surface area contributed by atoms with Crippen LogP contribution in [-0.4, -0.2) is 12.1 Å². The van der Waals surface area contributed by atoms with Crippen molar-refractivity contribution in [1.29, 1.82) is 0 Å². The van der Waals surface area contributed by atoms with Gasteiger partial charge in [-0.3, -0.25) is 4.79 Å². The summed E-state index contributed by atoms with van der Waals surface area (Å²) in [5, 5.41) is 0. The summed E-state index contributed by atoms with van der Waals surface area (Å²) in [5.74, 6) is 1.67. The predicted octanol–water partition coefficient (Wildman–Crippen LogP) is 3.84. The van der Waals surface area contributed by atoms with E-state index in [4.69, 9.17) is 9.15 Å². The van der Waals surface area contributed by atoms with E-state index < -0.39 is 0 Å². The molecule has 3 aliphatic rings. The van der Waals surface area contributed by atoms with Gasteiger partial charge in [0.2, 0.25) is 0 Å². The monoisotopic (exact) mass is 274 g/mol. The first kappa shape index (κ1) is 13.5. The second-order valence-electron chi connectivity index (χ2n) is 6.49. The summed E-state index contributed by atoms with van der Waals surface area (Å²) in [6.07, 6.45) is 5.73. The molecule has 1 heterocycles. The lowest BCUT2D eigenvalue weighted by molar-refractivity contribution is -0.154. The Morgan fingerprint density at radius 1 is 1.50 bits per heavy atom. The van der Waals surface area contributed by atoms with Crippen LogP contribution in [0.4, 0.5) is 0 Å². The van der Waals surface area contributed by atoms with Crippen LogP contribution in [0.2, 0.25) is 0 Å². The lowest BCUT2D eigenvalue weighted by atomic mass is 9.59. The molecule has 2 bridgehead atoms. The molecule has 3 unspecified atom stereocenters. The summed E-state index contributed by atoms with van der Waals surface area (Å²) in [5.41, 5.74) is 2.41. The molecule has 0 spiro atoms. The first-order chi connectivity index (χ1) is 9.42. The minimum absolute atomic E-state index is 0.0862. The number of esters is 1. The number of fused-ring (bicyclic) bond motifs is 2. The normalized spacial score (nSPS) is 35.8. The average Bonchev–Trinajstić information content (AvgIpc) is 2.80. The molecule has 0 aliphatic heterocycles. The number of carbonyl (C=O) groups is 1. The Morgan fingerprint density at radius 2 is 2.25 bits per heavy atom. The third-order valence-electron chi connectivity index (χ3n) is 5.43. The van der Waals surface area contributed by atoms with Crippen LogP contribution in [0, 0.1) is 11.3 Å². The number of hydrogen-bond donors (Lipinski definition) is 0. The summed E-state index contributed by atoms with van der Waals surface area (Å²) in [6.45, 7) is 8.15. The Hall–Kier alpha value is -1.51. The van der Waals surface area contributed by atoms with Crippen molar-refractivity contribution in [2.75, 3.05) is 0 Å². The zero-order chi connectivity index (χ0) is 14.5. The van der Waals surface area contributed by atoms with Gasteiger partial charge >= 0.3 is 5.97 Å². The van der Waals surface area contributed by atoms with E-state index in [0.717, 1.165) is 18.6 Å². The fourth-order valence-electron chi connectivity index (χ4n) is 3.94. The number of ether oxygens (including phenoxy) is 1. The van der Waals surface area contributed by atoms with Gasteiger partial charge in [-0.05, 0) is 30.9 Å². The third-order valence-corrected chi connectivity index (χ3v) is 5.43. The molecular formula is C17H22O3. The lowest BCUT2D eigenvalue weighted by Gasteiger charge is -2.48. The van der Waals surface area contributed by atoms with Crippen molar-refractivity contribution in [1.82, 2.24) is 0 Å². The van der Waals surface area contributed by atoms with Gasteiger partial charge < -0.3 is 9.15 Å². The molecule has 0 radical (unpaired) electrons. The molecule has 1 aromatic heterocycles. The Balaban J connectivity index is 2.13. The molecule has 0 aromatic carbocycles. The van der Waals surface area contributed by atoms with Gasteiger partial charge in [0, 0.05) is 24.7 Å². The zero-order valence-corrected chi connectivity index (χ0v) is 12.6. The standard InChI is InChI=1S/C17H22O3/c1-10-7-14-8-11(2)17(10,4)15(20-12(3)18)9-13-5-6-19-16(13)14/h5-7,11,14-15H,8-9H2,1-4H3/t11?,14?,15-,17?/m0/s1. The summed E-state index contributed by atoms with van der Waals surface area (Å²) >= 11 is 0. The van der Waals surface area contributed by atoms with E-state index in [1.54, 1.807) is 6.26 Å². The van der Waals surface area contributed by atoms with E-state index in [0.29, 0.717) is 11.8 Å². The van der Waals surface area contributed by atoms with Crippen LogP contribution in [0.3, 0.4) is 0 Å². The fraction of sp³-hybridized carbons (Fsp3) is 0.588. The summed E-state index contributed by atoms with van der Waals surface area (Å²) in [4.78, 5) is 11.5. The summed E-state index contributed by atoms with van der Waals surface area (Å²) in [7, 11) is 0. The first-order valence-corrected chi connectivity index (χ1v) is 7.35. The van der Waals surface area contributed by atoms with Crippen molar-refractivity contribution in [3.05, 3.63) is 35.3 Å². The maximum Gasteiger partial charge on any atom is 0.302 e. The predicted molar refractivity (Wildman–Crippen MR) is 76.4 cm³/mol. The van der Waals surface area contributed by atoms with E-state index in [2.05, 4.69) is 26.8 Å². The maximum absolute atomic E-state index is 11.5. The average molecular weight is 274 g/mol. The molecule has 108 valence electrons. The molecule has 3 nitrogen and oxygen atoms in total. The molecular weight excluding hydrogens is 252 g/mol. The smallest absolute Gasteiger partial charge is 0.302 e. The van der Waals surface area contributed by atoms with Gasteiger partial charge in [0.15, 0.2) is 0 Å². The molecule has 0 saturated carbocycles. The van der Waals surface area contributed by atoms with Gasteiger partial charge in [-0.15, -0.1) is 0 Å². The Kier molecular flexibility index (Phi) is 3.03. The van der Waals surface area contributed by atoms with Gasteiger partial charge in [-0.1, -0.05) is 25.5 Å². The topological polar surface area (TPSA) is 39.4 Å². The van der Waals surface area contributed by atoms with E-state index >= 15 is 0 Å². The number of rotatable bonds is 1.